The maximum Gasteiger partial charge on any atom is 0.165 e. The third-order valence-electron chi connectivity index (χ3n) is 12.9. The summed E-state index contributed by atoms with van der Waals surface area (Å²) in [5.41, 5.74) is 9.86. The lowest BCUT2D eigenvalue weighted by molar-refractivity contribution is 1.08. The van der Waals surface area contributed by atoms with Crippen LogP contribution < -0.4 is 0 Å². The molecule has 0 aliphatic rings. The molecule has 0 fully saturated rings. The van der Waals surface area contributed by atoms with E-state index in [2.05, 4.69) is 224 Å². The van der Waals surface area contributed by atoms with E-state index in [0.29, 0.717) is 17.5 Å². The van der Waals surface area contributed by atoms with Crippen LogP contribution in [0.3, 0.4) is 0 Å². The Kier molecular flexibility index (Phi) is 8.71. The molecule has 0 spiro atoms. The van der Waals surface area contributed by atoms with Crippen LogP contribution in [0.15, 0.2) is 224 Å². The summed E-state index contributed by atoms with van der Waals surface area (Å²) in [4.78, 5) is 16.5. The van der Waals surface area contributed by atoms with Crippen LogP contribution >= 0.6 is 11.3 Å². The number of hydrogen-bond donors (Lipinski definition) is 0. The molecule has 2 aromatic heterocycles. The molecule has 13 aromatic rings. The highest BCUT2D eigenvalue weighted by Crippen LogP contribution is 2.43. The fourth-order valence-corrected chi connectivity index (χ4v) is 10.9. The average molecular weight is 844 g/mol. The molecule has 4 heteroatoms. The fraction of sp³-hybridized carbons (Fsp3) is 0. The van der Waals surface area contributed by atoms with E-state index >= 15 is 0 Å². The molecule has 0 unspecified atom stereocenters. The van der Waals surface area contributed by atoms with Crippen LogP contribution in [0.1, 0.15) is 0 Å². The number of aromatic nitrogens is 3. The molecule has 0 saturated heterocycles. The van der Waals surface area contributed by atoms with Crippen LogP contribution in [-0.2, 0) is 0 Å². The SMILES string of the molecule is c1ccc(-c2ccc3ccc(-c4ccc(-c5nc(-c6c(-c7ccc8ccccc8c7)ccc7ccccc67)nc(-c6cccc7c6sc6ccccc67)n5)c5ccccc45)cc3c2)cc1. The molecule has 0 amide bonds. The van der Waals surface area contributed by atoms with E-state index in [1.165, 1.54) is 48.1 Å². The van der Waals surface area contributed by atoms with Crippen molar-refractivity contribution in [2.75, 3.05) is 0 Å². The third kappa shape index (κ3) is 6.37. The minimum atomic E-state index is 0.634. The molecule has 0 saturated carbocycles. The van der Waals surface area contributed by atoms with E-state index in [0.717, 1.165) is 65.2 Å². The topological polar surface area (TPSA) is 38.7 Å². The van der Waals surface area contributed by atoms with Crippen molar-refractivity contribution in [2.45, 2.75) is 0 Å². The van der Waals surface area contributed by atoms with Gasteiger partial charge in [-0.1, -0.05) is 188 Å². The molecule has 11 aromatic carbocycles. The van der Waals surface area contributed by atoms with E-state index in [1.54, 1.807) is 11.3 Å². The summed E-state index contributed by atoms with van der Waals surface area (Å²) in [7, 11) is 0. The number of benzene rings is 11. The summed E-state index contributed by atoms with van der Waals surface area (Å²) >= 11 is 1.79. The van der Waals surface area contributed by atoms with E-state index in [4.69, 9.17) is 15.0 Å². The lowest BCUT2D eigenvalue weighted by Gasteiger charge is -2.16. The van der Waals surface area contributed by atoms with Gasteiger partial charge in [-0.05, 0) is 113 Å². The second-order valence-corrected chi connectivity index (χ2v) is 17.8. The molecule has 0 bridgehead atoms. The Balaban J connectivity index is 1.05. The Morgan fingerprint density at radius 1 is 0.262 bits per heavy atom. The molecule has 0 N–H and O–H groups in total. The van der Waals surface area contributed by atoms with Gasteiger partial charge in [-0.3, -0.25) is 0 Å². The zero-order valence-electron chi connectivity index (χ0n) is 35.1. The van der Waals surface area contributed by atoms with Crippen molar-refractivity contribution in [2.24, 2.45) is 0 Å². The standard InChI is InChI=1S/C61H37N3S/c1-2-13-38(14-3-1)43-28-25-40-27-29-44(37-46(40)36-43)47-33-34-54(51-20-9-8-19-50(47)51)59-62-60(55-23-12-22-53-52-21-10-11-24-56(52)65-58(53)55)64-61(63-59)57-48-18-7-6-16-41(48)31-32-49(57)45-30-26-39-15-4-5-17-42(39)35-45/h1-37H. The minimum absolute atomic E-state index is 0.634. The molecule has 3 nitrogen and oxygen atoms in total. The van der Waals surface area contributed by atoms with E-state index in [-0.39, 0.29) is 0 Å². The summed E-state index contributed by atoms with van der Waals surface area (Å²) in [6.45, 7) is 0. The van der Waals surface area contributed by atoms with Crippen molar-refractivity contribution in [3.05, 3.63) is 224 Å². The predicted molar refractivity (Wildman–Crippen MR) is 275 cm³/mol. The summed E-state index contributed by atoms with van der Waals surface area (Å²) < 4.78 is 2.40. The summed E-state index contributed by atoms with van der Waals surface area (Å²) in [6.07, 6.45) is 0. The van der Waals surface area contributed by atoms with Gasteiger partial charge in [0.1, 0.15) is 0 Å². The van der Waals surface area contributed by atoms with Gasteiger partial charge in [0.15, 0.2) is 17.5 Å². The van der Waals surface area contributed by atoms with Gasteiger partial charge < -0.3 is 0 Å². The summed E-state index contributed by atoms with van der Waals surface area (Å²) in [5, 5.41) is 11.7. The van der Waals surface area contributed by atoms with Crippen LogP contribution in [-0.4, -0.2) is 15.0 Å². The molecule has 2 heterocycles. The zero-order chi connectivity index (χ0) is 42.8. The van der Waals surface area contributed by atoms with Crippen molar-refractivity contribution in [1.29, 1.82) is 0 Å². The van der Waals surface area contributed by atoms with Gasteiger partial charge in [0.2, 0.25) is 0 Å². The third-order valence-corrected chi connectivity index (χ3v) is 14.1. The van der Waals surface area contributed by atoms with Crippen molar-refractivity contribution in [1.82, 2.24) is 15.0 Å². The van der Waals surface area contributed by atoms with Crippen LogP contribution in [0.25, 0.3) is 131 Å². The van der Waals surface area contributed by atoms with Crippen LogP contribution in [0.2, 0.25) is 0 Å². The van der Waals surface area contributed by atoms with Gasteiger partial charge in [0.05, 0.1) is 0 Å². The number of nitrogens with zero attached hydrogens (tertiary/aromatic N) is 3. The van der Waals surface area contributed by atoms with Crippen molar-refractivity contribution in [3.8, 4) is 67.5 Å². The number of thiophene rings is 1. The van der Waals surface area contributed by atoms with E-state index in [1.807, 2.05) is 0 Å². The van der Waals surface area contributed by atoms with Crippen molar-refractivity contribution in [3.63, 3.8) is 0 Å². The first-order chi connectivity index (χ1) is 32.2. The first-order valence-corrected chi connectivity index (χ1v) is 22.8. The molecule has 0 atom stereocenters. The Bertz CT molecular complexity index is 4020. The molecule has 0 radical (unpaired) electrons. The van der Waals surface area contributed by atoms with Crippen LogP contribution in [0, 0.1) is 0 Å². The number of hydrogen-bond acceptors (Lipinski definition) is 4. The van der Waals surface area contributed by atoms with Gasteiger partial charge in [-0.2, -0.15) is 0 Å². The Morgan fingerprint density at radius 3 is 1.60 bits per heavy atom. The first kappa shape index (κ1) is 37.3. The Hall–Kier alpha value is -8.31. The lowest BCUT2D eigenvalue weighted by atomic mass is 9.92. The fourth-order valence-electron chi connectivity index (χ4n) is 9.73. The van der Waals surface area contributed by atoms with Gasteiger partial charge >= 0.3 is 0 Å². The molecule has 0 aliphatic heterocycles. The quantitative estimate of drug-likeness (QED) is 0.167. The highest BCUT2D eigenvalue weighted by Gasteiger charge is 2.22. The Morgan fingerprint density at radius 2 is 0.785 bits per heavy atom. The van der Waals surface area contributed by atoms with Gasteiger partial charge in [0.25, 0.3) is 0 Å². The lowest BCUT2D eigenvalue weighted by Crippen LogP contribution is -2.02. The minimum Gasteiger partial charge on any atom is -0.208 e. The van der Waals surface area contributed by atoms with Crippen LogP contribution in [0.5, 0.6) is 0 Å². The predicted octanol–water partition coefficient (Wildman–Crippen LogP) is 16.9. The first-order valence-electron chi connectivity index (χ1n) is 22.0. The highest BCUT2D eigenvalue weighted by atomic mass is 32.1. The van der Waals surface area contributed by atoms with Crippen molar-refractivity contribution < 1.29 is 0 Å². The maximum atomic E-state index is 5.53. The molecule has 302 valence electrons. The molecule has 65 heavy (non-hydrogen) atoms. The molecule has 13 rings (SSSR count). The van der Waals surface area contributed by atoms with E-state index < -0.39 is 0 Å². The monoisotopic (exact) mass is 843 g/mol. The smallest absolute Gasteiger partial charge is 0.165 e. The Labute approximate surface area is 379 Å². The van der Waals surface area contributed by atoms with Gasteiger partial charge in [-0.15, -0.1) is 11.3 Å². The van der Waals surface area contributed by atoms with E-state index in [9.17, 15) is 0 Å². The van der Waals surface area contributed by atoms with Gasteiger partial charge in [0, 0.05) is 36.9 Å². The normalized spacial score (nSPS) is 11.7. The largest absolute Gasteiger partial charge is 0.208 e. The second-order valence-electron chi connectivity index (χ2n) is 16.7. The average Bonchev–Trinajstić information content (AvgIpc) is 3.77. The summed E-state index contributed by atoms with van der Waals surface area (Å²) in [5.74, 6) is 1.92. The van der Waals surface area contributed by atoms with Crippen molar-refractivity contribution >= 4 is 74.6 Å². The second kappa shape index (κ2) is 15.2. The maximum absolute atomic E-state index is 5.53. The van der Waals surface area contributed by atoms with Gasteiger partial charge in [-0.25, -0.2) is 15.0 Å². The highest BCUT2D eigenvalue weighted by molar-refractivity contribution is 7.26. The summed E-state index contributed by atoms with van der Waals surface area (Å²) in [6, 6.07) is 80.7. The number of fused-ring (bicyclic) bond motifs is 7. The number of rotatable bonds is 6. The molecule has 0 aliphatic carbocycles. The molecular formula is C61H37N3S. The zero-order valence-corrected chi connectivity index (χ0v) is 35.9. The molecular weight excluding hydrogens is 807 g/mol. The van der Waals surface area contributed by atoms with Crippen LogP contribution in [0.4, 0.5) is 0 Å².